The van der Waals surface area contributed by atoms with Crippen LogP contribution in [-0.4, -0.2) is 26.2 Å². The molecule has 5 nitrogen and oxygen atoms in total. The highest BCUT2D eigenvalue weighted by Crippen LogP contribution is 2.58. The van der Waals surface area contributed by atoms with Gasteiger partial charge in [-0.1, -0.05) is 24.3 Å². The molecule has 0 unspecified atom stereocenters. The molecule has 0 bridgehead atoms. The van der Waals surface area contributed by atoms with Crippen LogP contribution in [0.2, 0.25) is 0 Å². The van der Waals surface area contributed by atoms with Crippen molar-refractivity contribution < 1.29 is 25.2 Å². The minimum absolute atomic E-state index is 0.107. The van der Waals surface area contributed by atoms with Gasteiger partial charge in [0.25, 0.3) is 0 Å². The molecule has 0 amide bonds. The monoisotopic (exact) mass is 408 g/mol. The highest BCUT2D eigenvalue weighted by atomic mass is 16.3. The molecule has 2 spiro atoms. The second-order valence-corrected chi connectivity index (χ2v) is 9.51. The van der Waals surface area contributed by atoms with Crippen LogP contribution in [0.1, 0.15) is 57.3 Å². The van der Waals surface area contributed by atoms with E-state index in [1.54, 1.807) is 0 Å². The molecule has 0 radical (unpaired) electrons. The molecule has 5 heteroatoms. The van der Waals surface area contributed by atoms with Gasteiger partial charge in [0.15, 0.2) is 0 Å². The zero-order valence-electron chi connectivity index (χ0n) is 17.1. The molecular weight excluding hydrogens is 380 g/mol. The number of ketones is 1. The number of hydrogen-bond donors (Lipinski definition) is 4. The van der Waals surface area contributed by atoms with Crippen molar-refractivity contribution in [2.75, 3.05) is 0 Å². The van der Waals surface area contributed by atoms with Gasteiger partial charge in [-0.3, -0.25) is 4.79 Å². The molecule has 0 atom stereocenters. The molecule has 0 aliphatic heterocycles. The van der Waals surface area contributed by atoms with Gasteiger partial charge in [-0.05, 0) is 83.0 Å². The Balaban J connectivity index is 1.46. The quantitative estimate of drug-likeness (QED) is 0.619. The van der Waals surface area contributed by atoms with E-state index in [0.29, 0.717) is 31.5 Å². The van der Waals surface area contributed by atoms with Gasteiger partial charge in [0, 0.05) is 10.8 Å². The Bertz CT molecular complexity index is 891. The van der Waals surface area contributed by atoms with E-state index in [1.165, 1.54) is 0 Å². The van der Waals surface area contributed by atoms with E-state index in [2.05, 4.69) is 0 Å². The van der Waals surface area contributed by atoms with Gasteiger partial charge in [0.1, 0.15) is 5.78 Å². The molecule has 0 saturated heterocycles. The first kappa shape index (κ1) is 19.9. The number of hydrogen-bond acceptors (Lipinski definition) is 5. The largest absolute Gasteiger partial charge is 0.392 e. The van der Waals surface area contributed by atoms with Gasteiger partial charge in [0.2, 0.25) is 0 Å². The van der Waals surface area contributed by atoms with Gasteiger partial charge >= 0.3 is 0 Å². The maximum Gasteiger partial charge on any atom is 0.146 e. The summed E-state index contributed by atoms with van der Waals surface area (Å²) in [6.45, 7) is -0.430. The first-order valence-electron chi connectivity index (χ1n) is 10.7. The second kappa shape index (κ2) is 6.99. The minimum Gasteiger partial charge on any atom is -0.392 e. The average molecular weight is 408 g/mol. The van der Waals surface area contributed by atoms with Crippen molar-refractivity contribution in [2.24, 2.45) is 10.8 Å². The maximum atomic E-state index is 13.9. The lowest BCUT2D eigenvalue weighted by Gasteiger charge is -2.26. The van der Waals surface area contributed by atoms with Gasteiger partial charge in [0.05, 0.1) is 26.4 Å². The van der Waals surface area contributed by atoms with Crippen LogP contribution in [0.5, 0.6) is 0 Å². The van der Waals surface area contributed by atoms with Gasteiger partial charge < -0.3 is 20.4 Å². The predicted molar refractivity (Wildman–Crippen MR) is 110 cm³/mol. The first-order chi connectivity index (χ1) is 14.5. The molecule has 2 aromatic carbocycles. The molecule has 5 rings (SSSR count). The molecule has 158 valence electrons. The number of rotatable bonds is 4. The lowest BCUT2D eigenvalue weighted by Crippen LogP contribution is -2.37. The Kier molecular flexibility index (Phi) is 4.63. The molecule has 3 aliphatic rings. The lowest BCUT2D eigenvalue weighted by molar-refractivity contribution is -0.133. The molecule has 30 heavy (non-hydrogen) atoms. The number of fused-ring (bicyclic) bond motifs is 2. The third kappa shape index (κ3) is 2.73. The Morgan fingerprint density at radius 2 is 0.833 bits per heavy atom. The number of carbonyl (C=O) groups excluding carboxylic acids is 1. The van der Waals surface area contributed by atoms with E-state index in [1.807, 2.05) is 24.3 Å². The Hall–Kier alpha value is -2.05. The highest BCUT2D eigenvalue weighted by Gasteiger charge is 2.59. The minimum atomic E-state index is -0.384. The number of Topliss-reactive ketones (excluding diaryl/α,β-unsaturated/α-hetero) is 1. The van der Waals surface area contributed by atoms with Crippen LogP contribution in [-0.2, 0) is 56.9 Å². The summed E-state index contributed by atoms with van der Waals surface area (Å²) in [5.41, 5.74) is 6.72. The van der Waals surface area contributed by atoms with Gasteiger partial charge in [-0.25, -0.2) is 0 Å². The molecule has 1 saturated carbocycles. The van der Waals surface area contributed by atoms with Crippen LogP contribution in [0.25, 0.3) is 0 Å². The fraction of sp³-hybridized carbons (Fsp3) is 0.480. The molecule has 2 aromatic rings. The van der Waals surface area contributed by atoms with Crippen molar-refractivity contribution in [2.45, 2.75) is 65.0 Å². The topological polar surface area (TPSA) is 98.0 Å². The molecule has 4 N–H and O–H groups in total. The number of benzene rings is 2. The second-order valence-electron chi connectivity index (χ2n) is 9.51. The summed E-state index contributed by atoms with van der Waals surface area (Å²) in [6.07, 6.45) is 4.56. The summed E-state index contributed by atoms with van der Waals surface area (Å²) in [5.74, 6) is 0.342. The zero-order chi connectivity index (χ0) is 21.1. The van der Waals surface area contributed by atoms with Crippen LogP contribution < -0.4 is 0 Å². The molecule has 1 fully saturated rings. The Morgan fingerprint density at radius 3 is 1.07 bits per heavy atom. The molecule has 0 aromatic heterocycles. The van der Waals surface area contributed by atoms with E-state index in [-0.39, 0.29) is 37.3 Å². The molecule has 0 heterocycles. The SMILES string of the molecule is O=C1C2(CCC13Cc1cc(CO)c(CO)cc1C3)Cc1cc(CO)c(CO)cc1C2. The van der Waals surface area contributed by atoms with Crippen LogP contribution in [0.3, 0.4) is 0 Å². The maximum absolute atomic E-state index is 13.9. The summed E-state index contributed by atoms with van der Waals surface area (Å²) >= 11 is 0. The number of carbonyl (C=O) groups is 1. The summed E-state index contributed by atoms with van der Waals surface area (Å²) < 4.78 is 0. The Morgan fingerprint density at radius 1 is 0.567 bits per heavy atom. The van der Waals surface area contributed by atoms with E-state index in [0.717, 1.165) is 57.3 Å². The summed E-state index contributed by atoms with van der Waals surface area (Å²) in [6, 6.07) is 7.88. The number of aliphatic hydroxyl groups excluding tert-OH is 4. The van der Waals surface area contributed by atoms with E-state index >= 15 is 0 Å². The van der Waals surface area contributed by atoms with Crippen LogP contribution in [0.4, 0.5) is 0 Å². The van der Waals surface area contributed by atoms with Gasteiger partial charge in [-0.2, -0.15) is 0 Å². The summed E-state index contributed by atoms with van der Waals surface area (Å²) in [7, 11) is 0. The lowest BCUT2D eigenvalue weighted by atomic mass is 9.74. The smallest absolute Gasteiger partial charge is 0.146 e. The van der Waals surface area contributed by atoms with Crippen molar-refractivity contribution in [3.8, 4) is 0 Å². The third-order valence-electron chi connectivity index (χ3n) is 7.89. The highest BCUT2D eigenvalue weighted by molar-refractivity contribution is 5.95. The van der Waals surface area contributed by atoms with Crippen LogP contribution >= 0.6 is 0 Å². The molecule has 3 aliphatic carbocycles. The zero-order valence-corrected chi connectivity index (χ0v) is 17.1. The van der Waals surface area contributed by atoms with Crippen molar-refractivity contribution in [1.29, 1.82) is 0 Å². The van der Waals surface area contributed by atoms with Crippen molar-refractivity contribution in [3.63, 3.8) is 0 Å². The fourth-order valence-electron chi connectivity index (χ4n) is 6.36. The van der Waals surface area contributed by atoms with E-state index < -0.39 is 0 Å². The van der Waals surface area contributed by atoms with Crippen molar-refractivity contribution in [3.05, 3.63) is 68.8 Å². The normalized spacial score (nSPS) is 20.3. The van der Waals surface area contributed by atoms with Crippen LogP contribution in [0.15, 0.2) is 24.3 Å². The first-order valence-corrected chi connectivity index (χ1v) is 10.7. The third-order valence-corrected chi connectivity index (χ3v) is 7.89. The van der Waals surface area contributed by atoms with Crippen molar-refractivity contribution in [1.82, 2.24) is 0 Å². The summed E-state index contributed by atoms with van der Waals surface area (Å²) in [4.78, 5) is 13.9. The molecular formula is C25H28O5. The Labute approximate surface area is 176 Å². The summed E-state index contributed by atoms with van der Waals surface area (Å²) in [5, 5.41) is 38.5. The fourth-order valence-corrected chi connectivity index (χ4v) is 6.36. The van der Waals surface area contributed by atoms with E-state index in [9.17, 15) is 25.2 Å². The van der Waals surface area contributed by atoms with Crippen molar-refractivity contribution >= 4 is 5.78 Å². The standard InChI is InChI=1S/C25H28O5/c26-11-19-3-15-7-24(8-16(15)4-20(19)12-27)1-2-25(23(24)30)9-17-5-21(13-28)22(14-29)6-18(17)10-25/h3-6,26-29H,1-2,7-14H2. The van der Waals surface area contributed by atoms with Gasteiger partial charge in [-0.15, -0.1) is 0 Å². The van der Waals surface area contributed by atoms with E-state index in [4.69, 9.17) is 0 Å². The average Bonchev–Trinajstić information content (AvgIpc) is 3.40. The van der Waals surface area contributed by atoms with Crippen LogP contribution in [0, 0.1) is 10.8 Å². The predicted octanol–water partition coefficient (Wildman–Crippen LogP) is 1.89. The number of aliphatic hydroxyl groups is 4.